The van der Waals surface area contributed by atoms with E-state index in [0.717, 1.165) is 28.1 Å². The van der Waals surface area contributed by atoms with E-state index < -0.39 is 10.8 Å². The first-order valence-corrected chi connectivity index (χ1v) is 9.31. The van der Waals surface area contributed by atoms with Crippen LogP contribution in [0.2, 0.25) is 0 Å². The third-order valence-corrected chi connectivity index (χ3v) is 4.47. The molecule has 2 rings (SSSR count). The molecular weight excluding hydrogens is 324 g/mol. The van der Waals surface area contributed by atoms with Gasteiger partial charge in [0, 0.05) is 45.7 Å². The first-order valence-electron chi connectivity index (χ1n) is 7.58. The molecular formula is C18H22N2O3S. The molecule has 6 heteroatoms. The Kier molecular flexibility index (Phi) is 6.09. The van der Waals surface area contributed by atoms with E-state index in [1.165, 1.54) is 0 Å². The van der Waals surface area contributed by atoms with E-state index in [0.29, 0.717) is 17.9 Å². The van der Waals surface area contributed by atoms with Gasteiger partial charge in [0.1, 0.15) is 5.75 Å². The summed E-state index contributed by atoms with van der Waals surface area (Å²) in [5.74, 6) is 1.05. The lowest BCUT2D eigenvalue weighted by Crippen LogP contribution is -2.24. The lowest BCUT2D eigenvalue weighted by molar-refractivity contribution is 0.0950. The molecule has 1 aromatic heterocycles. The van der Waals surface area contributed by atoms with Crippen molar-refractivity contribution in [3.63, 3.8) is 0 Å². The van der Waals surface area contributed by atoms with E-state index in [4.69, 9.17) is 4.74 Å². The Balaban J connectivity index is 2.10. The molecule has 24 heavy (non-hydrogen) atoms. The Labute approximate surface area is 144 Å². The number of hydrogen-bond donors (Lipinski definition) is 1. The minimum Gasteiger partial charge on any atom is -0.496 e. The van der Waals surface area contributed by atoms with Gasteiger partial charge in [0.05, 0.1) is 19.3 Å². The Morgan fingerprint density at radius 1 is 1.33 bits per heavy atom. The molecule has 0 aliphatic heterocycles. The van der Waals surface area contributed by atoms with Crippen LogP contribution in [0.3, 0.4) is 0 Å². The van der Waals surface area contributed by atoms with Crippen LogP contribution in [-0.4, -0.2) is 28.5 Å². The van der Waals surface area contributed by atoms with Gasteiger partial charge in [0.25, 0.3) is 5.91 Å². The number of aromatic nitrogens is 1. The van der Waals surface area contributed by atoms with Gasteiger partial charge in [0.15, 0.2) is 0 Å². The molecule has 1 unspecified atom stereocenters. The van der Waals surface area contributed by atoms with E-state index in [1.807, 2.05) is 19.9 Å². The van der Waals surface area contributed by atoms with Gasteiger partial charge in [-0.15, -0.1) is 0 Å². The van der Waals surface area contributed by atoms with Crippen LogP contribution in [0.5, 0.6) is 5.75 Å². The Hall–Kier alpha value is -2.21. The predicted molar refractivity (Wildman–Crippen MR) is 95.6 cm³/mol. The molecule has 0 bridgehead atoms. The molecule has 0 aliphatic rings. The van der Waals surface area contributed by atoms with Crippen molar-refractivity contribution in [2.45, 2.75) is 26.1 Å². The highest BCUT2D eigenvalue weighted by Crippen LogP contribution is 2.23. The zero-order chi connectivity index (χ0) is 17.7. The van der Waals surface area contributed by atoms with Crippen LogP contribution in [0.1, 0.15) is 32.7 Å². The maximum absolute atomic E-state index is 12.3. The number of carbonyl (C=O) groups excluding carboxylic acids is 1. The molecule has 0 saturated heterocycles. The molecule has 5 nitrogen and oxygen atoms in total. The standard InChI is InChI=1S/C18H22N2O3S/c1-12-9-19-16(13(2)17(12)23-3)10-20-18(21)15-7-5-6-14(8-15)11-24(4)22/h5-9H,10-11H2,1-4H3,(H,20,21). The summed E-state index contributed by atoms with van der Waals surface area (Å²) in [6.07, 6.45) is 3.39. The fourth-order valence-electron chi connectivity index (χ4n) is 2.55. The van der Waals surface area contributed by atoms with Crippen LogP contribution in [-0.2, 0) is 23.1 Å². The summed E-state index contributed by atoms with van der Waals surface area (Å²) in [7, 11) is 0.690. The van der Waals surface area contributed by atoms with Gasteiger partial charge >= 0.3 is 0 Å². The van der Waals surface area contributed by atoms with E-state index >= 15 is 0 Å². The maximum atomic E-state index is 12.3. The van der Waals surface area contributed by atoms with E-state index in [-0.39, 0.29) is 5.91 Å². The maximum Gasteiger partial charge on any atom is 0.251 e. The van der Waals surface area contributed by atoms with Crippen LogP contribution >= 0.6 is 0 Å². The second kappa shape index (κ2) is 8.06. The Bertz CT molecular complexity index is 775. The van der Waals surface area contributed by atoms with Crippen LogP contribution in [0.25, 0.3) is 0 Å². The van der Waals surface area contributed by atoms with Crippen molar-refractivity contribution in [2.24, 2.45) is 0 Å². The SMILES string of the molecule is COc1c(C)cnc(CNC(=O)c2cccc(CS(C)=O)c2)c1C. The van der Waals surface area contributed by atoms with Crippen molar-refractivity contribution in [1.29, 1.82) is 0 Å². The van der Waals surface area contributed by atoms with Crippen molar-refractivity contribution in [3.05, 3.63) is 58.4 Å². The first kappa shape index (κ1) is 18.1. The first-order chi connectivity index (χ1) is 11.4. The predicted octanol–water partition coefficient (Wildman–Crippen LogP) is 2.52. The molecule has 1 atom stereocenters. The minimum atomic E-state index is -0.936. The molecule has 128 valence electrons. The lowest BCUT2D eigenvalue weighted by atomic mass is 10.1. The summed E-state index contributed by atoms with van der Waals surface area (Å²) in [5, 5.41) is 2.87. The van der Waals surface area contributed by atoms with Crippen molar-refractivity contribution in [1.82, 2.24) is 10.3 Å². The second-order valence-electron chi connectivity index (χ2n) is 5.65. The van der Waals surface area contributed by atoms with Crippen molar-refractivity contribution in [2.75, 3.05) is 13.4 Å². The van der Waals surface area contributed by atoms with Gasteiger partial charge in [-0.25, -0.2) is 0 Å². The van der Waals surface area contributed by atoms with Crippen LogP contribution in [0, 0.1) is 13.8 Å². The highest BCUT2D eigenvalue weighted by atomic mass is 32.2. The van der Waals surface area contributed by atoms with Gasteiger partial charge in [-0.3, -0.25) is 14.0 Å². The van der Waals surface area contributed by atoms with E-state index in [2.05, 4.69) is 10.3 Å². The number of amides is 1. The number of nitrogens with one attached hydrogen (secondary N) is 1. The molecule has 0 fully saturated rings. The van der Waals surface area contributed by atoms with Crippen LogP contribution in [0.4, 0.5) is 0 Å². The number of hydrogen-bond acceptors (Lipinski definition) is 4. The Morgan fingerprint density at radius 3 is 2.75 bits per heavy atom. The quantitative estimate of drug-likeness (QED) is 0.873. The normalized spacial score (nSPS) is 11.8. The minimum absolute atomic E-state index is 0.181. The molecule has 1 heterocycles. The number of methoxy groups -OCH3 is 1. The molecule has 1 amide bonds. The fourth-order valence-corrected chi connectivity index (χ4v) is 3.20. The smallest absolute Gasteiger partial charge is 0.251 e. The second-order valence-corrected chi connectivity index (χ2v) is 7.08. The largest absolute Gasteiger partial charge is 0.496 e. The van der Waals surface area contributed by atoms with Crippen LogP contribution < -0.4 is 10.1 Å². The summed E-state index contributed by atoms with van der Waals surface area (Å²) < 4.78 is 16.7. The molecule has 2 aromatic rings. The van der Waals surface area contributed by atoms with Crippen molar-refractivity contribution in [3.8, 4) is 5.75 Å². The van der Waals surface area contributed by atoms with Gasteiger partial charge in [0.2, 0.25) is 0 Å². The number of aryl methyl sites for hydroxylation is 1. The summed E-state index contributed by atoms with van der Waals surface area (Å²) >= 11 is 0. The summed E-state index contributed by atoms with van der Waals surface area (Å²) in [4.78, 5) is 16.7. The van der Waals surface area contributed by atoms with Gasteiger partial charge in [-0.1, -0.05) is 12.1 Å². The van der Waals surface area contributed by atoms with Crippen LogP contribution in [0.15, 0.2) is 30.5 Å². The number of pyridine rings is 1. The molecule has 1 N–H and O–H groups in total. The molecule has 0 spiro atoms. The van der Waals surface area contributed by atoms with Crippen molar-refractivity contribution >= 4 is 16.7 Å². The van der Waals surface area contributed by atoms with E-state index in [9.17, 15) is 9.00 Å². The van der Waals surface area contributed by atoms with E-state index in [1.54, 1.807) is 37.8 Å². The van der Waals surface area contributed by atoms with Gasteiger partial charge < -0.3 is 10.1 Å². The summed E-state index contributed by atoms with van der Waals surface area (Å²) in [6.45, 7) is 4.19. The molecule has 0 aliphatic carbocycles. The zero-order valence-corrected chi connectivity index (χ0v) is 15.2. The molecule has 1 aromatic carbocycles. The number of rotatable bonds is 6. The topological polar surface area (TPSA) is 68.3 Å². The third kappa shape index (κ3) is 4.41. The average Bonchev–Trinajstić information content (AvgIpc) is 2.54. The zero-order valence-electron chi connectivity index (χ0n) is 14.4. The summed E-state index contributed by atoms with van der Waals surface area (Å²) in [6, 6.07) is 7.18. The number of benzene rings is 1. The number of nitrogens with zero attached hydrogens (tertiary/aromatic N) is 1. The van der Waals surface area contributed by atoms with Gasteiger partial charge in [-0.2, -0.15) is 0 Å². The lowest BCUT2D eigenvalue weighted by Gasteiger charge is -2.13. The van der Waals surface area contributed by atoms with Gasteiger partial charge in [-0.05, 0) is 31.5 Å². The number of carbonyl (C=O) groups is 1. The Morgan fingerprint density at radius 2 is 2.08 bits per heavy atom. The third-order valence-electron chi connectivity index (χ3n) is 3.73. The fraction of sp³-hybridized carbons (Fsp3) is 0.333. The molecule has 0 saturated carbocycles. The monoisotopic (exact) mass is 346 g/mol. The molecule has 0 radical (unpaired) electrons. The number of ether oxygens (including phenoxy) is 1. The van der Waals surface area contributed by atoms with Crippen molar-refractivity contribution < 1.29 is 13.7 Å². The highest BCUT2D eigenvalue weighted by Gasteiger charge is 2.12. The average molecular weight is 346 g/mol. The summed E-state index contributed by atoms with van der Waals surface area (Å²) in [5.41, 5.74) is 4.10. The highest BCUT2D eigenvalue weighted by molar-refractivity contribution is 7.83.